The summed E-state index contributed by atoms with van der Waals surface area (Å²) in [6.07, 6.45) is -15.9. The van der Waals surface area contributed by atoms with Gasteiger partial charge >= 0.3 is 24.7 Å². The molecule has 19 heteroatoms. The Hall–Kier alpha value is -7.80. The summed E-state index contributed by atoms with van der Waals surface area (Å²) < 4.78 is 170. The fourth-order valence-corrected chi connectivity index (χ4v) is 7.14. The molecule has 0 spiro atoms. The zero-order valence-electron chi connectivity index (χ0n) is 31.1. The van der Waals surface area contributed by atoms with E-state index in [9.17, 15) is 63.2 Å². The van der Waals surface area contributed by atoms with Crippen molar-refractivity contribution in [2.45, 2.75) is 24.7 Å². The number of nitriles is 2. The molecule has 0 atom stereocenters. The summed E-state index contributed by atoms with van der Waals surface area (Å²) in [6, 6.07) is 18.2. The Balaban J connectivity index is 1.47. The van der Waals surface area contributed by atoms with E-state index in [1.807, 2.05) is 12.1 Å². The molecule has 63 heavy (non-hydrogen) atoms. The van der Waals surface area contributed by atoms with Gasteiger partial charge in [0.1, 0.15) is 12.1 Å². The van der Waals surface area contributed by atoms with Crippen molar-refractivity contribution < 1.29 is 52.7 Å². The number of nitrogens with zero attached hydrogens (tertiary/aromatic N) is 7. The zero-order chi connectivity index (χ0) is 45.2. The second kappa shape index (κ2) is 15.0. The maximum Gasteiger partial charge on any atom is 0.417 e. The van der Waals surface area contributed by atoms with Crippen LogP contribution in [-0.4, -0.2) is 24.5 Å². The molecule has 0 aliphatic carbocycles. The topological polar surface area (TPSA) is 104 Å². The van der Waals surface area contributed by atoms with Gasteiger partial charge in [-0.2, -0.15) is 63.2 Å². The van der Waals surface area contributed by atoms with Crippen LogP contribution in [-0.2, 0) is 24.7 Å². The van der Waals surface area contributed by atoms with Crippen molar-refractivity contribution >= 4 is 21.8 Å². The zero-order valence-corrected chi connectivity index (χ0v) is 31.1. The van der Waals surface area contributed by atoms with Gasteiger partial charge in [-0.05, 0) is 76.9 Å². The van der Waals surface area contributed by atoms with Gasteiger partial charge in [0.2, 0.25) is 0 Å². The van der Waals surface area contributed by atoms with Gasteiger partial charge in [0.25, 0.3) is 0 Å². The average Bonchev–Trinajstić information content (AvgIpc) is 3.57. The lowest BCUT2D eigenvalue weighted by Crippen LogP contribution is -2.12. The monoisotopic (exact) mass is 873 g/mol. The van der Waals surface area contributed by atoms with E-state index in [2.05, 4.69) is 19.9 Å². The smallest absolute Gasteiger partial charge is 0.308 e. The fraction of sp³-hybridized carbons (Fsp3) is 0.0909. The van der Waals surface area contributed by atoms with Gasteiger partial charge in [0, 0.05) is 46.7 Å². The minimum atomic E-state index is -5.27. The van der Waals surface area contributed by atoms with E-state index in [0.29, 0.717) is 29.8 Å². The number of hydrogen-bond donors (Lipinski definition) is 0. The molecule has 0 aliphatic rings. The number of aromatic nitrogens is 5. The van der Waals surface area contributed by atoms with E-state index in [-0.39, 0.29) is 79.1 Å². The summed E-state index contributed by atoms with van der Waals surface area (Å²) in [6.45, 7) is 0. The van der Waals surface area contributed by atoms with Crippen LogP contribution in [0.1, 0.15) is 33.4 Å². The number of rotatable bonds is 5. The summed E-state index contributed by atoms with van der Waals surface area (Å²) in [4.78, 5) is 17.1. The Morgan fingerprint density at radius 3 is 1.22 bits per heavy atom. The molecule has 7 nitrogen and oxygen atoms in total. The molecule has 0 amide bonds. The first-order valence-corrected chi connectivity index (χ1v) is 17.9. The summed E-state index contributed by atoms with van der Waals surface area (Å²) >= 11 is 0. The van der Waals surface area contributed by atoms with Crippen molar-refractivity contribution in [2.75, 3.05) is 0 Å². The largest absolute Gasteiger partial charge is 0.417 e. The van der Waals surface area contributed by atoms with E-state index in [1.54, 1.807) is 0 Å². The summed E-state index contributed by atoms with van der Waals surface area (Å²) in [5.41, 5.74) is -7.13. The Morgan fingerprint density at radius 1 is 0.413 bits per heavy atom. The average molecular weight is 874 g/mol. The third-order valence-electron chi connectivity index (χ3n) is 9.99. The van der Waals surface area contributed by atoms with Gasteiger partial charge in [0.05, 0.1) is 50.1 Å². The van der Waals surface area contributed by atoms with Crippen LogP contribution in [0.5, 0.6) is 0 Å². The van der Waals surface area contributed by atoms with Gasteiger partial charge in [-0.25, -0.2) is 19.9 Å². The standard InChI is InChI=1S/C44H19F12N7/c45-41(46,47)27-4-8-29(34(14-27)43(51,52)53)24-1-6-31-32-7-2-25(30-9-5-28(42(48,49)50)15-35(30)44(54,55)56)13-38(32)63(37(31)12-24)36-10-3-26(39-59-18-22(16-57)19-60-39)11-33(36)40-61-20-23(17-58)21-62-40/h1-15,18-21H. The Labute approximate surface area is 345 Å². The second-order valence-corrected chi connectivity index (χ2v) is 13.9. The predicted molar refractivity (Wildman–Crippen MR) is 203 cm³/mol. The van der Waals surface area contributed by atoms with Gasteiger partial charge in [-0.3, -0.25) is 0 Å². The van der Waals surface area contributed by atoms with Crippen molar-refractivity contribution in [3.05, 3.63) is 149 Å². The van der Waals surface area contributed by atoms with Crippen molar-refractivity contribution in [3.63, 3.8) is 0 Å². The molecule has 8 aromatic rings. The lowest BCUT2D eigenvalue weighted by atomic mass is 9.95. The van der Waals surface area contributed by atoms with E-state index in [1.165, 1.54) is 84.0 Å². The lowest BCUT2D eigenvalue weighted by molar-refractivity contribution is -0.144. The maximum atomic E-state index is 14.5. The van der Waals surface area contributed by atoms with E-state index >= 15 is 0 Å². The highest BCUT2D eigenvalue weighted by molar-refractivity contribution is 6.11. The molecular weight excluding hydrogens is 855 g/mol. The normalized spacial score (nSPS) is 12.4. The molecular formula is C44H19F12N7. The predicted octanol–water partition coefficient (Wildman–Crippen LogP) is 12.9. The maximum absolute atomic E-state index is 14.5. The van der Waals surface area contributed by atoms with Crippen LogP contribution in [0.25, 0.3) is 72.5 Å². The number of alkyl halides is 12. The van der Waals surface area contributed by atoms with Crippen LogP contribution in [0.4, 0.5) is 52.7 Å². The van der Waals surface area contributed by atoms with E-state index in [0.717, 1.165) is 0 Å². The Bertz CT molecular complexity index is 3050. The highest BCUT2D eigenvalue weighted by Crippen LogP contribution is 2.46. The first-order chi connectivity index (χ1) is 29.6. The molecule has 0 fully saturated rings. The Kier molecular flexibility index (Phi) is 9.97. The Morgan fingerprint density at radius 2 is 0.825 bits per heavy atom. The van der Waals surface area contributed by atoms with Crippen molar-refractivity contribution in [3.8, 4) is 62.9 Å². The highest BCUT2D eigenvalue weighted by atomic mass is 19.4. The fourth-order valence-electron chi connectivity index (χ4n) is 7.14. The second-order valence-electron chi connectivity index (χ2n) is 13.9. The van der Waals surface area contributed by atoms with Crippen molar-refractivity contribution in [2.24, 2.45) is 0 Å². The molecule has 3 aromatic heterocycles. The summed E-state index contributed by atoms with van der Waals surface area (Å²) in [7, 11) is 0. The van der Waals surface area contributed by atoms with Gasteiger partial charge < -0.3 is 4.57 Å². The van der Waals surface area contributed by atoms with Crippen LogP contribution >= 0.6 is 0 Å². The molecule has 0 radical (unpaired) electrons. The van der Waals surface area contributed by atoms with Crippen molar-refractivity contribution in [1.29, 1.82) is 10.5 Å². The van der Waals surface area contributed by atoms with Crippen LogP contribution in [0.3, 0.4) is 0 Å². The molecule has 0 aliphatic heterocycles. The molecule has 5 aromatic carbocycles. The van der Waals surface area contributed by atoms with Gasteiger partial charge in [0.15, 0.2) is 11.6 Å². The third-order valence-corrected chi connectivity index (χ3v) is 9.99. The lowest BCUT2D eigenvalue weighted by Gasteiger charge is -2.18. The quantitative estimate of drug-likeness (QED) is 0.160. The minimum Gasteiger partial charge on any atom is -0.308 e. The van der Waals surface area contributed by atoms with Gasteiger partial charge in [-0.1, -0.05) is 36.4 Å². The van der Waals surface area contributed by atoms with Crippen LogP contribution in [0.2, 0.25) is 0 Å². The van der Waals surface area contributed by atoms with E-state index in [4.69, 9.17) is 0 Å². The summed E-state index contributed by atoms with van der Waals surface area (Å²) in [5.74, 6) is 0.0530. The minimum absolute atomic E-state index is 0.0199. The third kappa shape index (κ3) is 7.85. The van der Waals surface area contributed by atoms with Crippen LogP contribution < -0.4 is 0 Å². The summed E-state index contributed by atoms with van der Waals surface area (Å²) in [5, 5.41) is 19.3. The molecule has 8 rings (SSSR count). The molecule has 0 unspecified atom stereocenters. The van der Waals surface area contributed by atoms with Gasteiger partial charge in [-0.15, -0.1) is 0 Å². The van der Waals surface area contributed by atoms with E-state index < -0.39 is 58.1 Å². The SMILES string of the molecule is N#Cc1cnc(-c2ccc(-n3c4cc(-c5ccc(C(F)(F)F)cc5C(F)(F)F)ccc4c4ccc(-c5ccc(C(F)(F)F)cc5C(F)(F)F)cc43)c(-c3ncc(C#N)cn3)c2)nc1. The molecule has 0 saturated heterocycles. The van der Waals surface area contributed by atoms with Crippen LogP contribution in [0, 0.1) is 22.7 Å². The molecule has 314 valence electrons. The van der Waals surface area contributed by atoms with Crippen molar-refractivity contribution in [1.82, 2.24) is 24.5 Å². The number of halogens is 12. The first-order valence-electron chi connectivity index (χ1n) is 17.9. The molecule has 0 N–H and O–H groups in total. The molecule has 3 heterocycles. The number of fused-ring (bicyclic) bond motifs is 3. The van der Waals surface area contributed by atoms with Crippen LogP contribution in [0.15, 0.2) is 116 Å². The first kappa shape index (κ1) is 41.9. The number of hydrogen-bond acceptors (Lipinski definition) is 6. The molecule has 0 saturated carbocycles. The highest BCUT2D eigenvalue weighted by Gasteiger charge is 2.40. The number of benzene rings is 5. The molecule has 0 bridgehead atoms.